The van der Waals surface area contributed by atoms with Gasteiger partial charge in [-0.05, 0) is 17.7 Å². The van der Waals surface area contributed by atoms with Gasteiger partial charge in [0.2, 0.25) is 12.4 Å². The van der Waals surface area contributed by atoms with Crippen molar-refractivity contribution in [3.8, 4) is 5.75 Å². The number of aliphatic hydroxyl groups excluding tert-OH is 1. The van der Waals surface area contributed by atoms with Gasteiger partial charge in [-0.2, -0.15) is 0 Å². The number of hydrogen-bond acceptors (Lipinski definition) is 14. The van der Waals surface area contributed by atoms with E-state index in [0.29, 0.717) is 0 Å². The highest BCUT2D eigenvalue weighted by Crippen LogP contribution is 2.35. The van der Waals surface area contributed by atoms with Crippen LogP contribution in [0.15, 0.2) is 18.2 Å². The molecule has 0 spiro atoms. The van der Waals surface area contributed by atoms with Crippen LogP contribution in [0.25, 0.3) is 0 Å². The van der Waals surface area contributed by atoms with Crippen LogP contribution in [0.1, 0.15) is 33.3 Å². The number of carbonyl (C=O) groups excluding carboxylic acids is 4. The van der Waals surface area contributed by atoms with Gasteiger partial charge in [-0.15, -0.1) is 0 Å². The van der Waals surface area contributed by atoms with Crippen molar-refractivity contribution >= 4 is 29.6 Å². The van der Waals surface area contributed by atoms with E-state index in [2.05, 4.69) is 0 Å². The molecule has 1 aromatic rings. The Morgan fingerprint density at radius 2 is 1.51 bits per heavy atom. The molecule has 1 aliphatic heterocycles. The highest BCUT2D eigenvalue weighted by atomic mass is 16.8. The normalized spacial score (nSPS) is 23.6. The monoisotopic (exact) mass is 500 g/mol. The molecule has 0 radical (unpaired) electrons. The predicted molar refractivity (Wildman–Crippen MR) is 113 cm³/mol. The Balaban J connectivity index is 2.54. The summed E-state index contributed by atoms with van der Waals surface area (Å²) in [5.41, 5.74) is -0.159. The van der Waals surface area contributed by atoms with Crippen molar-refractivity contribution in [3.63, 3.8) is 0 Å². The lowest BCUT2D eigenvalue weighted by Crippen LogP contribution is -2.63. The molecule has 0 unspecified atom stereocenters. The van der Waals surface area contributed by atoms with E-state index < -0.39 is 78.7 Å². The average Bonchev–Trinajstić information content (AvgIpc) is 2.75. The van der Waals surface area contributed by atoms with Gasteiger partial charge in [-0.1, -0.05) is 6.07 Å². The second-order valence-corrected chi connectivity index (χ2v) is 7.42. The molecule has 1 heterocycles. The maximum absolute atomic E-state index is 11.9. The van der Waals surface area contributed by atoms with Gasteiger partial charge in [0, 0.05) is 27.7 Å². The summed E-state index contributed by atoms with van der Waals surface area (Å²) in [4.78, 5) is 46.8. The third-order valence-corrected chi connectivity index (χ3v) is 4.60. The predicted octanol–water partition coefficient (Wildman–Crippen LogP) is 0.334. The van der Waals surface area contributed by atoms with Crippen LogP contribution >= 0.6 is 0 Å². The van der Waals surface area contributed by atoms with E-state index in [4.69, 9.17) is 28.4 Å². The van der Waals surface area contributed by atoms with Gasteiger partial charge < -0.3 is 44.0 Å². The third-order valence-electron chi connectivity index (χ3n) is 4.60. The molecule has 0 bridgehead atoms. The van der Waals surface area contributed by atoms with Crippen LogP contribution in [0.4, 0.5) is 5.69 Å². The summed E-state index contributed by atoms with van der Waals surface area (Å²) < 4.78 is 32.2. The first-order valence-corrected chi connectivity index (χ1v) is 10.3. The fraction of sp³-hybridized carbons (Fsp3) is 0.524. The highest BCUT2D eigenvalue weighted by molar-refractivity contribution is 5.69. The minimum atomic E-state index is -1.60. The van der Waals surface area contributed by atoms with Crippen molar-refractivity contribution in [2.75, 3.05) is 11.8 Å². The van der Waals surface area contributed by atoms with Gasteiger partial charge in [0.1, 0.15) is 18.5 Å². The van der Waals surface area contributed by atoms with E-state index in [1.54, 1.807) is 0 Å². The smallest absolute Gasteiger partial charge is 0.303 e. The molecule has 14 heteroatoms. The molecular formula is C21H26NO13-. The molecule has 1 aliphatic rings. The Bertz CT molecular complexity index is 934. The molecule has 5 atom stereocenters. The molecule has 0 aliphatic carbocycles. The van der Waals surface area contributed by atoms with E-state index in [-0.39, 0.29) is 11.3 Å². The van der Waals surface area contributed by atoms with Crippen LogP contribution in [-0.2, 0) is 49.5 Å². The SMILES string of the molecule is CC(=O)OC[C@H]1O[C@@H](Oc2ccc(CO)cc2N([O-])O)[C@H](OC(C)=O)[C@@H](OC(C)=O)[C@H]1OC(C)=O. The number of hydrogen-bond donors (Lipinski definition) is 2. The van der Waals surface area contributed by atoms with Crippen LogP contribution < -0.4 is 9.96 Å². The number of carbonyl (C=O) groups is 4. The van der Waals surface area contributed by atoms with Gasteiger partial charge in [0.05, 0.1) is 12.3 Å². The molecule has 194 valence electrons. The lowest BCUT2D eigenvalue weighted by molar-refractivity contribution is -0.288. The standard InChI is InChI=1S/C21H26NO13/c1-10(24)30-9-17-18(31-11(2)25)19(32-12(3)26)20(33-13(4)27)21(35-17)34-16-6-5-14(8-23)7-15(16)22(28)29/h5-7,17-21,23,28H,8-9H2,1-4H3/q-1/t17-,18+,19+,20-,21-/m1/s1. The minimum absolute atomic E-state index is 0.263. The van der Waals surface area contributed by atoms with Crippen molar-refractivity contribution in [1.82, 2.24) is 0 Å². The van der Waals surface area contributed by atoms with Crippen molar-refractivity contribution in [2.45, 2.75) is 65.0 Å². The van der Waals surface area contributed by atoms with E-state index in [1.807, 2.05) is 0 Å². The van der Waals surface area contributed by atoms with Gasteiger partial charge in [0.25, 0.3) is 0 Å². The van der Waals surface area contributed by atoms with E-state index in [9.17, 15) is 34.7 Å². The van der Waals surface area contributed by atoms with Crippen molar-refractivity contribution in [2.24, 2.45) is 0 Å². The molecular weight excluding hydrogens is 474 g/mol. The Kier molecular flexibility index (Phi) is 9.77. The van der Waals surface area contributed by atoms with Crippen molar-refractivity contribution in [1.29, 1.82) is 0 Å². The van der Waals surface area contributed by atoms with E-state index in [0.717, 1.165) is 33.8 Å². The summed E-state index contributed by atoms with van der Waals surface area (Å²) in [6.45, 7) is 3.41. The maximum atomic E-state index is 11.9. The van der Waals surface area contributed by atoms with E-state index in [1.165, 1.54) is 12.1 Å². The Morgan fingerprint density at radius 1 is 0.943 bits per heavy atom. The van der Waals surface area contributed by atoms with Crippen molar-refractivity contribution in [3.05, 3.63) is 29.0 Å². The van der Waals surface area contributed by atoms with E-state index >= 15 is 0 Å². The van der Waals surface area contributed by atoms with Crippen LogP contribution in [0.2, 0.25) is 0 Å². The first kappa shape index (κ1) is 27.8. The van der Waals surface area contributed by atoms with Gasteiger partial charge in [-0.3, -0.25) is 24.4 Å². The zero-order valence-electron chi connectivity index (χ0n) is 19.4. The molecule has 0 amide bonds. The second kappa shape index (κ2) is 12.3. The minimum Gasteiger partial charge on any atom is -0.733 e. The lowest BCUT2D eigenvalue weighted by Gasteiger charge is -2.44. The second-order valence-electron chi connectivity index (χ2n) is 7.42. The number of benzene rings is 1. The van der Waals surface area contributed by atoms with Crippen LogP contribution in [0.3, 0.4) is 0 Å². The van der Waals surface area contributed by atoms with Crippen molar-refractivity contribution < 1.29 is 57.9 Å². The average molecular weight is 500 g/mol. The number of aliphatic hydroxyl groups is 1. The highest BCUT2D eigenvalue weighted by Gasteiger charge is 2.53. The van der Waals surface area contributed by atoms with Crippen LogP contribution in [0, 0.1) is 5.21 Å². The summed E-state index contributed by atoms with van der Waals surface area (Å²) in [6.07, 6.45) is -7.25. The summed E-state index contributed by atoms with van der Waals surface area (Å²) in [7, 11) is 0. The van der Waals surface area contributed by atoms with Gasteiger partial charge in [0.15, 0.2) is 12.2 Å². The molecule has 1 fully saturated rings. The molecule has 2 rings (SSSR count). The maximum Gasteiger partial charge on any atom is 0.303 e. The molecule has 1 aromatic carbocycles. The van der Waals surface area contributed by atoms with Crippen LogP contribution in [-0.4, -0.2) is 71.5 Å². The molecule has 0 aromatic heterocycles. The number of esters is 4. The molecule has 35 heavy (non-hydrogen) atoms. The quantitative estimate of drug-likeness (QED) is 0.268. The molecule has 1 saturated heterocycles. The summed E-state index contributed by atoms with van der Waals surface area (Å²) >= 11 is 0. The summed E-state index contributed by atoms with van der Waals surface area (Å²) in [5.74, 6) is -3.42. The Morgan fingerprint density at radius 3 is 2.03 bits per heavy atom. The number of anilines is 1. The molecule has 0 saturated carbocycles. The number of nitrogens with zero attached hydrogens (tertiary/aromatic N) is 1. The number of rotatable bonds is 9. The Labute approximate surface area is 199 Å². The number of ether oxygens (including phenoxy) is 6. The summed E-state index contributed by atoms with van der Waals surface area (Å²) in [5, 5.41) is 29.9. The Hall–Kier alpha value is -3.46. The fourth-order valence-corrected chi connectivity index (χ4v) is 3.32. The third kappa shape index (κ3) is 7.78. The first-order chi connectivity index (χ1) is 16.4. The largest absolute Gasteiger partial charge is 0.733 e. The molecule has 14 nitrogen and oxygen atoms in total. The topological polar surface area (TPSA) is 190 Å². The zero-order chi connectivity index (χ0) is 26.3. The van der Waals surface area contributed by atoms with Gasteiger partial charge in [-0.25, -0.2) is 0 Å². The van der Waals surface area contributed by atoms with Crippen LogP contribution in [0.5, 0.6) is 5.75 Å². The van der Waals surface area contributed by atoms with Gasteiger partial charge >= 0.3 is 23.9 Å². The fourth-order valence-electron chi connectivity index (χ4n) is 3.32. The molecule has 2 N–H and O–H groups in total. The lowest BCUT2D eigenvalue weighted by atomic mass is 9.98. The summed E-state index contributed by atoms with van der Waals surface area (Å²) in [6, 6.07) is 3.75. The zero-order valence-corrected chi connectivity index (χ0v) is 19.4. The first-order valence-electron chi connectivity index (χ1n) is 10.3.